The summed E-state index contributed by atoms with van der Waals surface area (Å²) in [6, 6.07) is 0. The molecule has 0 spiro atoms. The maximum absolute atomic E-state index is 9.00. The fraction of sp³-hybridized carbons (Fsp3) is 0.500. The molecule has 48 valence electrons. The second kappa shape index (κ2) is 9.44. The standard InChI is InChI=1S/2C2H4O2/c1-2(3)4;3-1-2-4/h1H3,(H,3,4);1,4H,2H2. The fourth-order valence-electron chi connectivity index (χ4n) is 0. The van der Waals surface area contributed by atoms with Crippen LogP contribution in [0.5, 0.6) is 0 Å². The van der Waals surface area contributed by atoms with E-state index in [-0.39, 0.29) is 6.61 Å². The van der Waals surface area contributed by atoms with Gasteiger partial charge in [-0.3, -0.25) is 4.79 Å². The van der Waals surface area contributed by atoms with Crippen LogP contribution >= 0.6 is 0 Å². The maximum Gasteiger partial charge on any atom is 0.300 e. The van der Waals surface area contributed by atoms with Gasteiger partial charge in [0.15, 0.2) is 0 Å². The summed E-state index contributed by atoms with van der Waals surface area (Å²) < 4.78 is 0. The number of aliphatic hydroxyl groups excluding tert-OH is 1. The summed E-state index contributed by atoms with van der Waals surface area (Å²) in [7, 11) is 0. The Kier molecular flexibility index (Phi) is 12.0. The van der Waals surface area contributed by atoms with Crippen molar-refractivity contribution in [1.29, 1.82) is 0 Å². The molecule has 0 aromatic heterocycles. The first kappa shape index (κ1) is 10.2. The zero-order chi connectivity index (χ0) is 6.99. The Morgan fingerprint density at radius 3 is 1.88 bits per heavy atom. The highest BCUT2D eigenvalue weighted by molar-refractivity contribution is 5.62. The molecule has 0 aliphatic carbocycles. The maximum atomic E-state index is 9.00. The van der Waals surface area contributed by atoms with Gasteiger partial charge in [-0.25, -0.2) is 0 Å². The second-order valence-electron chi connectivity index (χ2n) is 0.868. The number of rotatable bonds is 1. The van der Waals surface area contributed by atoms with Crippen molar-refractivity contribution in [2.24, 2.45) is 0 Å². The number of hydrogen-bond donors (Lipinski definition) is 2. The van der Waals surface area contributed by atoms with E-state index in [0.717, 1.165) is 6.92 Å². The van der Waals surface area contributed by atoms with Crippen LogP contribution in [0.4, 0.5) is 0 Å². The van der Waals surface area contributed by atoms with E-state index in [2.05, 4.69) is 0 Å². The van der Waals surface area contributed by atoms with E-state index >= 15 is 0 Å². The first-order valence-electron chi connectivity index (χ1n) is 1.89. The lowest BCUT2D eigenvalue weighted by atomic mass is 10.9. The third-order valence-electron chi connectivity index (χ3n) is 0.0745. The van der Waals surface area contributed by atoms with Crippen molar-refractivity contribution in [2.75, 3.05) is 6.61 Å². The molecule has 0 rings (SSSR count). The van der Waals surface area contributed by atoms with Crippen LogP contribution in [0.25, 0.3) is 0 Å². The molecule has 4 nitrogen and oxygen atoms in total. The van der Waals surface area contributed by atoms with Gasteiger partial charge in [-0.05, 0) is 0 Å². The molecular formula is C4H8O4. The summed E-state index contributed by atoms with van der Waals surface area (Å²) in [6.07, 6.45) is 0.431. The third kappa shape index (κ3) is 8570. The number of aliphatic carboxylic acids is 1. The quantitative estimate of drug-likeness (QED) is 0.447. The van der Waals surface area contributed by atoms with E-state index in [4.69, 9.17) is 19.8 Å². The molecule has 0 radical (unpaired) electrons. The Labute approximate surface area is 46.8 Å². The van der Waals surface area contributed by atoms with Gasteiger partial charge < -0.3 is 15.0 Å². The normalized spacial score (nSPS) is 6.25. The molecule has 0 fully saturated rings. The average Bonchev–Trinajstić information content (AvgIpc) is 1.65. The lowest BCUT2D eigenvalue weighted by Gasteiger charge is -1.59. The highest BCUT2D eigenvalue weighted by atomic mass is 16.4. The largest absolute Gasteiger partial charge is 0.481 e. The van der Waals surface area contributed by atoms with Crippen LogP contribution in [0.2, 0.25) is 0 Å². The van der Waals surface area contributed by atoms with Crippen LogP contribution in [0.3, 0.4) is 0 Å². The Morgan fingerprint density at radius 2 is 1.88 bits per heavy atom. The van der Waals surface area contributed by atoms with Crippen molar-refractivity contribution in [1.82, 2.24) is 0 Å². The molecule has 0 atom stereocenters. The predicted octanol–water partition coefficient (Wildman–Crippen LogP) is -0.732. The van der Waals surface area contributed by atoms with Gasteiger partial charge in [0.1, 0.15) is 6.29 Å². The van der Waals surface area contributed by atoms with Crippen molar-refractivity contribution >= 4 is 12.3 Å². The Hall–Kier alpha value is -0.900. The molecule has 0 heterocycles. The van der Waals surface area contributed by atoms with Crippen molar-refractivity contribution in [3.05, 3.63) is 0 Å². The molecule has 0 aromatic carbocycles. The number of aliphatic hydroxyl groups is 1. The van der Waals surface area contributed by atoms with Crippen molar-refractivity contribution in [3.63, 3.8) is 0 Å². The van der Waals surface area contributed by atoms with Gasteiger partial charge in [-0.15, -0.1) is 0 Å². The minimum Gasteiger partial charge on any atom is -0.481 e. The van der Waals surface area contributed by atoms with E-state index < -0.39 is 5.97 Å². The van der Waals surface area contributed by atoms with Crippen LogP contribution in [-0.2, 0) is 9.59 Å². The van der Waals surface area contributed by atoms with Crippen molar-refractivity contribution in [3.8, 4) is 0 Å². The van der Waals surface area contributed by atoms with Gasteiger partial charge >= 0.3 is 0 Å². The van der Waals surface area contributed by atoms with Gasteiger partial charge in [0, 0.05) is 6.92 Å². The van der Waals surface area contributed by atoms with Crippen LogP contribution < -0.4 is 0 Å². The lowest BCUT2D eigenvalue weighted by Crippen LogP contribution is -1.78. The van der Waals surface area contributed by atoms with E-state index in [1.54, 1.807) is 0 Å². The molecule has 0 saturated carbocycles. The lowest BCUT2D eigenvalue weighted by molar-refractivity contribution is -0.134. The minimum atomic E-state index is -0.833. The molecule has 8 heavy (non-hydrogen) atoms. The number of carboxylic acid groups (broad SMARTS) is 1. The summed E-state index contributed by atoms with van der Waals surface area (Å²) in [5.74, 6) is -0.833. The molecule has 0 unspecified atom stereocenters. The molecule has 0 amide bonds. The van der Waals surface area contributed by atoms with Gasteiger partial charge in [-0.1, -0.05) is 0 Å². The van der Waals surface area contributed by atoms with Crippen LogP contribution in [0, 0.1) is 0 Å². The van der Waals surface area contributed by atoms with Gasteiger partial charge in [-0.2, -0.15) is 0 Å². The molecule has 0 bridgehead atoms. The third-order valence-corrected chi connectivity index (χ3v) is 0.0745. The van der Waals surface area contributed by atoms with Crippen LogP contribution in [0.15, 0.2) is 0 Å². The molecule has 0 aromatic rings. The Morgan fingerprint density at radius 1 is 1.75 bits per heavy atom. The summed E-state index contributed by atoms with van der Waals surface area (Å²) in [4.78, 5) is 17.9. The summed E-state index contributed by atoms with van der Waals surface area (Å²) >= 11 is 0. The molecule has 0 aliphatic rings. The average molecular weight is 120 g/mol. The summed E-state index contributed by atoms with van der Waals surface area (Å²) in [5.41, 5.74) is 0. The monoisotopic (exact) mass is 120 g/mol. The molecule has 4 heteroatoms. The number of carbonyl (C=O) groups excluding carboxylic acids is 1. The Bertz CT molecular complexity index is 64.4. The summed E-state index contributed by atoms with van der Waals surface area (Å²) in [5, 5.41) is 14.9. The zero-order valence-electron chi connectivity index (χ0n) is 4.50. The molecule has 0 saturated heterocycles. The smallest absolute Gasteiger partial charge is 0.300 e. The highest BCUT2D eigenvalue weighted by Gasteiger charge is 1.65. The van der Waals surface area contributed by atoms with Crippen LogP contribution in [0.1, 0.15) is 6.92 Å². The molecular weight excluding hydrogens is 112 g/mol. The van der Waals surface area contributed by atoms with Gasteiger partial charge in [0.25, 0.3) is 5.97 Å². The van der Waals surface area contributed by atoms with Gasteiger partial charge in [0.05, 0.1) is 6.61 Å². The second-order valence-corrected chi connectivity index (χ2v) is 0.868. The zero-order valence-corrected chi connectivity index (χ0v) is 4.50. The predicted molar refractivity (Wildman–Crippen MR) is 26.5 cm³/mol. The van der Waals surface area contributed by atoms with E-state index in [1.165, 1.54) is 0 Å². The minimum absolute atomic E-state index is 0.361. The first-order chi connectivity index (χ1) is 3.65. The van der Waals surface area contributed by atoms with Gasteiger partial charge in [0.2, 0.25) is 0 Å². The van der Waals surface area contributed by atoms with E-state index in [9.17, 15) is 0 Å². The number of aldehydes is 1. The van der Waals surface area contributed by atoms with E-state index in [0.29, 0.717) is 6.29 Å². The fourth-order valence-corrected chi connectivity index (χ4v) is 0. The van der Waals surface area contributed by atoms with Crippen molar-refractivity contribution < 1.29 is 19.8 Å². The Balaban J connectivity index is 0. The number of carboxylic acids is 1. The highest BCUT2D eigenvalue weighted by Crippen LogP contribution is 1.42. The van der Waals surface area contributed by atoms with Crippen LogP contribution in [-0.4, -0.2) is 29.1 Å². The number of carbonyl (C=O) groups is 2. The topological polar surface area (TPSA) is 74.6 Å². The first-order valence-corrected chi connectivity index (χ1v) is 1.89. The van der Waals surface area contributed by atoms with Crippen molar-refractivity contribution in [2.45, 2.75) is 6.92 Å². The molecule has 0 aliphatic heterocycles. The van der Waals surface area contributed by atoms with E-state index in [1.807, 2.05) is 0 Å². The SMILES string of the molecule is CC(=O)O.O=CCO. The summed E-state index contributed by atoms with van der Waals surface area (Å²) in [6.45, 7) is 0.722. The molecule has 2 N–H and O–H groups in total. The number of hydrogen-bond acceptors (Lipinski definition) is 3.